The first-order chi connectivity index (χ1) is 13.9. The number of hydrogen-bond donors (Lipinski definition) is 3. The molecular formula is C19H31N5O5. The smallest absolute Gasteiger partial charge is 0.319 e. The van der Waals surface area contributed by atoms with E-state index in [1.165, 1.54) is 0 Å². The van der Waals surface area contributed by atoms with E-state index in [0.717, 1.165) is 26.2 Å². The van der Waals surface area contributed by atoms with Crippen LogP contribution in [0.3, 0.4) is 0 Å². The number of ether oxygens (including phenoxy) is 1. The minimum absolute atomic E-state index is 0.0855. The van der Waals surface area contributed by atoms with Gasteiger partial charge in [-0.2, -0.15) is 0 Å². The van der Waals surface area contributed by atoms with Gasteiger partial charge in [0.1, 0.15) is 17.5 Å². The Labute approximate surface area is 170 Å². The average molecular weight is 409 g/mol. The number of anilines is 1. The van der Waals surface area contributed by atoms with Crippen LogP contribution < -0.4 is 10.6 Å². The minimum atomic E-state index is -0.551. The molecule has 3 rings (SSSR count). The maximum atomic E-state index is 12.5. The summed E-state index contributed by atoms with van der Waals surface area (Å²) in [5.74, 6) is 0.612. The van der Waals surface area contributed by atoms with Crippen molar-refractivity contribution < 1.29 is 24.0 Å². The SMILES string of the molecule is Cc1noc(C)c1NC(=O)N[C@H]1CC[C@H](CC(=O)N2CCN(C)CC2)O[C@H]1CO. The molecule has 0 bridgehead atoms. The lowest BCUT2D eigenvalue weighted by atomic mass is 9.97. The molecule has 3 amide bonds. The molecule has 3 heterocycles. The van der Waals surface area contributed by atoms with Crippen molar-refractivity contribution >= 4 is 17.6 Å². The topological polar surface area (TPSA) is 120 Å². The largest absolute Gasteiger partial charge is 0.394 e. The molecule has 10 nitrogen and oxygen atoms in total. The molecule has 162 valence electrons. The number of likely N-dealkylation sites (N-methyl/N-ethyl adjacent to an activating group) is 1. The Kier molecular flexibility index (Phi) is 7.09. The predicted octanol–water partition coefficient (Wildman–Crippen LogP) is 0.486. The van der Waals surface area contributed by atoms with E-state index in [4.69, 9.17) is 9.26 Å². The Balaban J connectivity index is 1.49. The number of nitrogens with one attached hydrogen (secondary N) is 2. The van der Waals surface area contributed by atoms with Gasteiger partial charge in [-0.25, -0.2) is 4.79 Å². The van der Waals surface area contributed by atoms with Crippen LogP contribution in [0.2, 0.25) is 0 Å². The van der Waals surface area contributed by atoms with Crippen molar-refractivity contribution in [2.45, 2.75) is 51.4 Å². The summed E-state index contributed by atoms with van der Waals surface area (Å²) in [6.07, 6.45) is 0.776. The number of nitrogens with zero attached hydrogens (tertiary/aromatic N) is 3. The Morgan fingerprint density at radius 3 is 2.55 bits per heavy atom. The van der Waals surface area contributed by atoms with Crippen LogP contribution >= 0.6 is 0 Å². The maximum absolute atomic E-state index is 12.5. The molecule has 2 aliphatic rings. The van der Waals surface area contributed by atoms with Crippen molar-refractivity contribution in [3.8, 4) is 0 Å². The Morgan fingerprint density at radius 1 is 1.21 bits per heavy atom. The highest BCUT2D eigenvalue weighted by atomic mass is 16.5. The zero-order valence-corrected chi connectivity index (χ0v) is 17.3. The van der Waals surface area contributed by atoms with E-state index in [0.29, 0.717) is 36.4 Å². The van der Waals surface area contributed by atoms with Gasteiger partial charge >= 0.3 is 6.03 Å². The summed E-state index contributed by atoms with van der Waals surface area (Å²) < 4.78 is 11.0. The first kappa shape index (κ1) is 21.5. The molecule has 3 atom stereocenters. The lowest BCUT2D eigenvalue weighted by molar-refractivity contribution is -0.141. The standard InChI is InChI=1S/C19H31N5O5/c1-12-18(13(2)29-22-12)21-19(27)20-15-5-4-14(28-16(15)11-25)10-17(26)24-8-6-23(3)7-9-24/h14-16,25H,4-11H2,1-3H3,(H2,20,21,27)/t14-,15+,16+/m1/s1. The van der Waals surface area contributed by atoms with Gasteiger partial charge < -0.3 is 34.8 Å². The van der Waals surface area contributed by atoms with Gasteiger partial charge in [0.05, 0.1) is 25.2 Å². The Bertz CT molecular complexity index is 696. The molecule has 1 aromatic heterocycles. The molecule has 29 heavy (non-hydrogen) atoms. The number of aromatic nitrogens is 1. The molecule has 0 unspecified atom stereocenters. The van der Waals surface area contributed by atoms with Crippen LogP contribution in [-0.4, -0.2) is 90.1 Å². The quantitative estimate of drug-likeness (QED) is 0.647. The van der Waals surface area contributed by atoms with Gasteiger partial charge in [0, 0.05) is 26.2 Å². The van der Waals surface area contributed by atoms with E-state index < -0.39 is 12.1 Å². The predicted molar refractivity (Wildman–Crippen MR) is 106 cm³/mol. The molecule has 2 fully saturated rings. The first-order valence-corrected chi connectivity index (χ1v) is 10.1. The molecule has 0 aliphatic carbocycles. The number of hydrogen-bond acceptors (Lipinski definition) is 7. The minimum Gasteiger partial charge on any atom is -0.394 e. The van der Waals surface area contributed by atoms with E-state index in [9.17, 15) is 14.7 Å². The van der Waals surface area contributed by atoms with Crippen LogP contribution in [0, 0.1) is 13.8 Å². The number of aryl methyl sites for hydroxylation is 2. The van der Waals surface area contributed by atoms with Crippen LogP contribution in [0.5, 0.6) is 0 Å². The van der Waals surface area contributed by atoms with Gasteiger partial charge in [0.2, 0.25) is 5.91 Å². The molecule has 3 N–H and O–H groups in total. The highest BCUT2D eigenvalue weighted by Gasteiger charge is 2.34. The monoisotopic (exact) mass is 409 g/mol. The fourth-order valence-corrected chi connectivity index (χ4v) is 3.81. The van der Waals surface area contributed by atoms with Crippen LogP contribution in [0.1, 0.15) is 30.7 Å². The van der Waals surface area contributed by atoms with E-state index in [-0.39, 0.29) is 24.7 Å². The zero-order valence-electron chi connectivity index (χ0n) is 17.3. The number of piperazine rings is 1. The lowest BCUT2D eigenvalue weighted by Gasteiger charge is -2.37. The fraction of sp³-hybridized carbons (Fsp3) is 0.737. The molecule has 2 aliphatic heterocycles. The van der Waals surface area contributed by atoms with Gasteiger partial charge in [0.25, 0.3) is 0 Å². The summed E-state index contributed by atoms with van der Waals surface area (Å²) in [5.41, 5.74) is 1.13. The normalized spacial score (nSPS) is 25.7. The van der Waals surface area contributed by atoms with E-state index in [2.05, 4.69) is 20.7 Å². The van der Waals surface area contributed by atoms with Crippen molar-refractivity contribution in [1.29, 1.82) is 0 Å². The van der Waals surface area contributed by atoms with Gasteiger partial charge in [-0.05, 0) is 33.7 Å². The molecular weight excluding hydrogens is 378 g/mol. The molecule has 10 heteroatoms. The fourth-order valence-electron chi connectivity index (χ4n) is 3.81. The second kappa shape index (κ2) is 9.55. The summed E-state index contributed by atoms with van der Waals surface area (Å²) in [4.78, 5) is 29.0. The summed E-state index contributed by atoms with van der Waals surface area (Å²) in [6.45, 7) is 6.46. The van der Waals surface area contributed by atoms with Gasteiger partial charge in [0.15, 0.2) is 5.76 Å². The summed E-state index contributed by atoms with van der Waals surface area (Å²) in [5, 5.41) is 19.1. The van der Waals surface area contributed by atoms with E-state index >= 15 is 0 Å². The number of carbonyl (C=O) groups excluding carboxylic acids is 2. The van der Waals surface area contributed by atoms with Gasteiger partial charge in [-0.15, -0.1) is 0 Å². The second-order valence-electron chi connectivity index (χ2n) is 7.85. The van der Waals surface area contributed by atoms with Crippen LogP contribution in [-0.2, 0) is 9.53 Å². The Hall–Kier alpha value is -2.17. The third kappa shape index (κ3) is 5.46. The van der Waals surface area contributed by atoms with Crippen LogP contribution in [0.25, 0.3) is 0 Å². The van der Waals surface area contributed by atoms with Crippen molar-refractivity contribution in [3.05, 3.63) is 11.5 Å². The second-order valence-corrected chi connectivity index (χ2v) is 7.85. The number of aliphatic hydroxyl groups excluding tert-OH is 1. The lowest BCUT2D eigenvalue weighted by Crippen LogP contribution is -2.53. The van der Waals surface area contributed by atoms with Crippen molar-refractivity contribution in [1.82, 2.24) is 20.3 Å². The van der Waals surface area contributed by atoms with Crippen molar-refractivity contribution in [2.24, 2.45) is 0 Å². The Morgan fingerprint density at radius 2 is 1.93 bits per heavy atom. The molecule has 0 radical (unpaired) electrons. The van der Waals surface area contributed by atoms with E-state index in [1.807, 2.05) is 11.9 Å². The number of carbonyl (C=O) groups is 2. The molecule has 0 aromatic carbocycles. The summed E-state index contributed by atoms with van der Waals surface area (Å²) in [6, 6.07) is -0.742. The van der Waals surface area contributed by atoms with Crippen molar-refractivity contribution in [3.63, 3.8) is 0 Å². The molecule has 0 spiro atoms. The molecule has 1 aromatic rings. The maximum Gasteiger partial charge on any atom is 0.319 e. The zero-order chi connectivity index (χ0) is 21.0. The summed E-state index contributed by atoms with van der Waals surface area (Å²) in [7, 11) is 2.05. The van der Waals surface area contributed by atoms with Crippen molar-refractivity contribution in [2.75, 3.05) is 45.2 Å². The molecule has 0 saturated carbocycles. The third-order valence-electron chi connectivity index (χ3n) is 5.64. The first-order valence-electron chi connectivity index (χ1n) is 10.1. The van der Waals surface area contributed by atoms with Gasteiger partial charge in [-0.3, -0.25) is 4.79 Å². The number of amides is 3. The van der Waals surface area contributed by atoms with E-state index in [1.54, 1.807) is 13.8 Å². The van der Waals surface area contributed by atoms with Crippen LogP contribution in [0.4, 0.5) is 10.5 Å². The number of rotatable bonds is 5. The summed E-state index contributed by atoms with van der Waals surface area (Å²) >= 11 is 0. The molecule has 2 saturated heterocycles. The highest BCUT2D eigenvalue weighted by Crippen LogP contribution is 2.24. The average Bonchev–Trinajstić information content (AvgIpc) is 3.01. The third-order valence-corrected chi connectivity index (χ3v) is 5.64. The number of aliphatic hydroxyl groups is 1. The highest BCUT2D eigenvalue weighted by molar-refractivity contribution is 5.90. The van der Waals surface area contributed by atoms with Gasteiger partial charge in [-0.1, -0.05) is 5.16 Å². The van der Waals surface area contributed by atoms with Crippen LogP contribution in [0.15, 0.2) is 4.52 Å². The number of urea groups is 1.